The van der Waals surface area contributed by atoms with Crippen LogP contribution in [0.15, 0.2) is 0 Å². The van der Waals surface area contributed by atoms with Gasteiger partial charge in [0.15, 0.2) is 0 Å². The Morgan fingerprint density at radius 1 is 1.43 bits per heavy atom. The molecule has 0 aromatic heterocycles. The first-order valence-electron chi connectivity index (χ1n) is 2.11. The Hall–Kier alpha value is 1.09. The van der Waals surface area contributed by atoms with Gasteiger partial charge in [-0.15, -0.1) is 0 Å². The number of hydrogen-bond acceptors (Lipinski definition) is 1. The Labute approximate surface area is 67.2 Å². The molecule has 0 aliphatic carbocycles. The molecule has 0 aliphatic rings. The van der Waals surface area contributed by atoms with Crippen molar-refractivity contribution >= 4 is 16.6 Å². The summed E-state index contributed by atoms with van der Waals surface area (Å²) in [5, 5.41) is 0. The molecule has 0 spiro atoms. The maximum atomic E-state index is 5.08. The van der Waals surface area contributed by atoms with Gasteiger partial charge >= 0.3 is 35.5 Å². The van der Waals surface area contributed by atoms with E-state index in [1.807, 2.05) is 0 Å². The molecule has 3 heteroatoms. The number of rotatable bonds is 0. The Bertz CT molecular complexity index is 45.8. The molecule has 0 fully saturated rings. The zero-order valence-electron chi connectivity index (χ0n) is 6.91. The first-order chi connectivity index (χ1) is 2.56. The van der Waals surface area contributed by atoms with E-state index in [0.717, 1.165) is 16.6 Å². The van der Waals surface area contributed by atoms with Crippen LogP contribution in [0.25, 0.3) is 0 Å². The van der Waals surface area contributed by atoms with Crippen LogP contribution in [-0.2, 0) is 3.79 Å². The molecule has 0 atom stereocenters. The molecule has 0 N–H and O–H groups in total. The van der Waals surface area contributed by atoms with E-state index in [0.29, 0.717) is 0 Å². The van der Waals surface area contributed by atoms with Crippen LogP contribution in [0.1, 0.15) is 22.2 Å². The van der Waals surface area contributed by atoms with Crippen LogP contribution in [0, 0.1) is 0 Å². The van der Waals surface area contributed by atoms with Gasteiger partial charge in [-0.3, -0.25) is 0 Å². The Balaban J connectivity index is -0.000000125. The first kappa shape index (κ1) is 11.0. The minimum Gasteiger partial charge on any atom is -1.00 e. The van der Waals surface area contributed by atoms with Crippen LogP contribution in [0.3, 0.4) is 0 Å². The van der Waals surface area contributed by atoms with Gasteiger partial charge in [0.1, 0.15) is 0 Å². The van der Waals surface area contributed by atoms with Gasteiger partial charge in [0.05, 0.1) is 0 Å². The third-order valence-corrected chi connectivity index (χ3v) is 1.84. The van der Waals surface area contributed by atoms with Crippen molar-refractivity contribution in [2.24, 2.45) is 0 Å². The third-order valence-electron chi connectivity index (χ3n) is 0.612. The molecule has 0 aromatic carbocycles. The summed E-state index contributed by atoms with van der Waals surface area (Å²) in [7, 11) is 0. The normalized spacial score (nSPS) is 10.1. The molecule has 1 nitrogen and oxygen atoms in total. The summed E-state index contributed by atoms with van der Waals surface area (Å²) in [5.74, 6) is 0. The Morgan fingerprint density at radius 2 is 1.57 bits per heavy atom. The molecule has 0 unspecified atom stereocenters. The summed E-state index contributed by atoms with van der Waals surface area (Å²) in [4.78, 5) is 0. The van der Waals surface area contributed by atoms with Gasteiger partial charge in [-0.1, -0.05) is 0 Å². The summed E-state index contributed by atoms with van der Waals surface area (Å²) >= 11 is 0.848. The molecule has 0 heterocycles. The molecule has 0 saturated carbocycles. The molecular formula is C4H12AlLiO. The zero-order chi connectivity index (χ0) is 5.21. The van der Waals surface area contributed by atoms with Crippen LogP contribution >= 0.6 is 0 Å². The summed E-state index contributed by atoms with van der Waals surface area (Å²) in [6, 6.07) is 0. The predicted molar refractivity (Wildman–Crippen MR) is 30.5 cm³/mol. The van der Waals surface area contributed by atoms with Crippen LogP contribution in [0.2, 0.25) is 0 Å². The zero-order valence-corrected chi connectivity index (χ0v) is 7.91. The number of hydrogen-bond donors (Lipinski definition) is 0. The van der Waals surface area contributed by atoms with Gasteiger partial charge in [-0.25, -0.2) is 0 Å². The topological polar surface area (TPSA) is 9.23 Å². The van der Waals surface area contributed by atoms with Crippen LogP contribution in [-0.4, -0.2) is 22.2 Å². The third kappa shape index (κ3) is 11.0. The fourth-order valence-corrected chi connectivity index (χ4v) is 0. The Morgan fingerprint density at radius 3 is 1.57 bits per heavy atom. The largest absolute Gasteiger partial charge is 1.00 e. The summed E-state index contributed by atoms with van der Waals surface area (Å²) in [6.45, 7) is 6.17. The fraction of sp³-hybridized carbons (Fsp3) is 1.00. The SMILES string of the molecule is CC(C)(C)[O][AlH2].[H-].[Li+]. The summed E-state index contributed by atoms with van der Waals surface area (Å²) < 4.78 is 5.08. The van der Waals surface area contributed by atoms with Gasteiger partial charge in [-0.05, 0) is 20.8 Å². The van der Waals surface area contributed by atoms with E-state index in [9.17, 15) is 0 Å². The van der Waals surface area contributed by atoms with Crippen molar-refractivity contribution in [3.63, 3.8) is 0 Å². The molecule has 7 heavy (non-hydrogen) atoms. The maximum absolute atomic E-state index is 5.08. The molecule has 0 rings (SSSR count). The smallest absolute Gasteiger partial charge is 1.00 e. The minimum absolute atomic E-state index is 0. The van der Waals surface area contributed by atoms with E-state index in [4.69, 9.17) is 3.79 Å². The second kappa shape index (κ2) is 4.02. The predicted octanol–water partition coefficient (Wildman–Crippen LogP) is -2.53. The molecular weight excluding hydrogens is 98.0 g/mol. The molecule has 0 aromatic rings. The van der Waals surface area contributed by atoms with E-state index in [1.165, 1.54) is 0 Å². The standard InChI is InChI=1S/C4H9O.Al.Li.3H/c1-4(2,3)5;;;;;/h1-3H3;;;;;/q-1;2*+1;;;-1. The van der Waals surface area contributed by atoms with Gasteiger partial charge in [-0.2, -0.15) is 0 Å². The van der Waals surface area contributed by atoms with Gasteiger partial charge in [0, 0.05) is 5.60 Å². The van der Waals surface area contributed by atoms with Crippen LogP contribution in [0.5, 0.6) is 0 Å². The molecule has 0 radical (unpaired) electrons. The van der Waals surface area contributed by atoms with Crippen LogP contribution in [0.4, 0.5) is 0 Å². The van der Waals surface area contributed by atoms with E-state index in [1.54, 1.807) is 0 Å². The quantitative estimate of drug-likeness (QED) is 0.312. The van der Waals surface area contributed by atoms with E-state index >= 15 is 0 Å². The van der Waals surface area contributed by atoms with Crippen molar-refractivity contribution in [1.82, 2.24) is 0 Å². The van der Waals surface area contributed by atoms with Crippen molar-refractivity contribution in [2.45, 2.75) is 26.4 Å². The van der Waals surface area contributed by atoms with Gasteiger partial charge < -0.3 is 5.22 Å². The van der Waals surface area contributed by atoms with Crippen molar-refractivity contribution in [1.29, 1.82) is 0 Å². The molecule has 0 amide bonds. The average molecular weight is 110 g/mol. The molecule has 0 saturated heterocycles. The first-order valence-corrected chi connectivity index (χ1v) is 2.93. The van der Waals surface area contributed by atoms with Crippen molar-refractivity contribution in [3.05, 3.63) is 0 Å². The average Bonchev–Trinajstić information content (AvgIpc) is 1.35. The second-order valence-electron chi connectivity index (χ2n) is 2.32. The van der Waals surface area contributed by atoms with Gasteiger partial charge in [0.25, 0.3) is 0 Å². The molecule has 0 aliphatic heterocycles. The minimum atomic E-state index is 0. The van der Waals surface area contributed by atoms with Crippen molar-refractivity contribution in [3.8, 4) is 0 Å². The van der Waals surface area contributed by atoms with Gasteiger partial charge in [0.2, 0.25) is 0 Å². The van der Waals surface area contributed by atoms with Crippen molar-refractivity contribution in [2.75, 3.05) is 0 Å². The van der Waals surface area contributed by atoms with E-state index < -0.39 is 0 Å². The van der Waals surface area contributed by atoms with E-state index in [-0.39, 0.29) is 25.9 Å². The summed E-state index contributed by atoms with van der Waals surface area (Å²) in [5.41, 5.74) is 0.103. The molecule has 0 bridgehead atoms. The fourth-order valence-electron chi connectivity index (χ4n) is 0. The Kier molecular flexibility index (Phi) is 6.29. The van der Waals surface area contributed by atoms with Crippen molar-refractivity contribution < 1.29 is 24.1 Å². The molecule has 38 valence electrons. The second-order valence-corrected chi connectivity index (χ2v) is 2.72. The summed E-state index contributed by atoms with van der Waals surface area (Å²) in [6.07, 6.45) is 0. The van der Waals surface area contributed by atoms with Crippen LogP contribution < -0.4 is 18.9 Å². The monoisotopic (exact) mass is 110 g/mol. The van der Waals surface area contributed by atoms with E-state index in [2.05, 4.69) is 20.8 Å². The maximum Gasteiger partial charge on any atom is 1.00 e.